The predicted molar refractivity (Wildman–Crippen MR) is 214 cm³/mol. The van der Waals surface area contributed by atoms with Gasteiger partial charge in [-0.3, -0.25) is 0 Å². The van der Waals surface area contributed by atoms with Crippen molar-refractivity contribution in [3.05, 3.63) is 163 Å². The van der Waals surface area contributed by atoms with Gasteiger partial charge in [0.25, 0.3) is 0 Å². The maximum absolute atomic E-state index is 5.27. The first-order chi connectivity index (χ1) is 25.2. The molecule has 10 rings (SSSR count). The number of thioether (sulfide) groups is 1. The van der Waals surface area contributed by atoms with E-state index in [0.717, 1.165) is 70.3 Å². The Kier molecular flexibility index (Phi) is 7.25. The third kappa shape index (κ3) is 5.48. The number of nitrogens with zero attached hydrogens (tertiary/aromatic N) is 5. The quantitative estimate of drug-likeness (QED) is 0.168. The Morgan fingerprint density at radius 2 is 1.14 bits per heavy atom. The second-order valence-electron chi connectivity index (χ2n) is 12.5. The predicted octanol–water partition coefficient (Wildman–Crippen LogP) is 11.8. The third-order valence-electron chi connectivity index (χ3n) is 9.23. The number of thiazole rings is 1. The third-order valence-corrected chi connectivity index (χ3v) is 11.4. The van der Waals surface area contributed by atoms with Crippen molar-refractivity contribution >= 4 is 65.6 Å². The van der Waals surface area contributed by atoms with Gasteiger partial charge in [0.05, 0.1) is 15.9 Å². The Bertz CT molecular complexity index is 2790. The highest BCUT2D eigenvalue weighted by Crippen LogP contribution is 2.39. The van der Waals surface area contributed by atoms with Crippen LogP contribution in [0.2, 0.25) is 0 Å². The minimum absolute atomic E-state index is 0.599. The molecule has 0 saturated heterocycles. The number of hydrogen-bond acceptors (Lipinski definition) is 7. The Labute approximate surface area is 302 Å². The molecule has 7 aromatic carbocycles. The number of rotatable bonds is 5. The highest BCUT2D eigenvalue weighted by Gasteiger charge is 2.20. The van der Waals surface area contributed by atoms with E-state index < -0.39 is 0 Å². The lowest BCUT2D eigenvalue weighted by atomic mass is 9.97. The molecule has 0 atom stereocenters. The molecule has 5 nitrogen and oxygen atoms in total. The standard InChI is InChI=1S/C44H27N5S2/c1-2-12-27(13-3-1)40-47-41(49-42(48-40)36-25-28-14-4-6-16-33(28)34-17-7-8-18-35(34)36)30-22-31(43-45-37-19-9-5-15-29(37)26-50-43)24-32(23-30)44-46-38-20-10-11-21-39(38)51-44/h1-25H,26H2. The molecule has 9 aromatic rings. The van der Waals surface area contributed by atoms with Crippen LogP contribution in [0.15, 0.2) is 157 Å². The first-order valence-electron chi connectivity index (χ1n) is 16.8. The van der Waals surface area contributed by atoms with E-state index in [9.17, 15) is 0 Å². The fourth-order valence-electron chi connectivity index (χ4n) is 6.76. The molecule has 240 valence electrons. The smallest absolute Gasteiger partial charge is 0.164 e. The van der Waals surface area contributed by atoms with Crippen molar-refractivity contribution in [3.63, 3.8) is 0 Å². The fourth-order valence-corrected chi connectivity index (χ4v) is 8.69. The van der Waals surface area contributed by atoms with Crippen molar-refractivity contribution in [2.75, 3.05) is 0 Å². The summed E-state index contributed by atoms with van der Waals surface area (Å²) in [6, 6.07) is 52.5. The molecule has 3 heterocycles. The van der Waals surface area contributed by atoms with Gasteiger partial charge in [-0.2, -0.15) is 0 Å². The summed E-state index contributed by atoms with van der Waals surface area (Å²) in [4.78, 5) is 25.8. The van der Waals surface area contributed by atoms with E-state index in [4.69, 9.17) is 24.9 Å². The van der Waals surface area contributed by atoms with E-state index >= 15 is 0 Å². The molecule has 1 aliphatic heterocycles. The Balaban J connectivity index is 1.22. The van der Waals surface area contributed by atoms with Crippen LogP contribution in [0.3, 0.4) is 0 Å². The first kappa shape index (κ1) is 29.9. The van der Waals surface area contributed by atoms with Gasteiger partial charge in [0.15, 0.2) is 17.5 Å². The topological polar surface area (TPSA) is 63.9 Å². The Morgan fingerprint density at radius 3 is 2.02 bits per heavy atom. The van der Waals surface area contributed by atoms with Crippen LogP contribution in [-0.4, -0.2) is 25.0 Å². The zero-order chi connectivity index (χ0) is 33.7. The van der Waals surface area contributed by atoms with Gasteiger partial charge in [-0.25, -0.2) is 24.9 Å². The number of aliphatic imine (C=N–C) groups is 1. The van der Waals surface area contributed by atoms with Crippen LogP contribution in [0.1, 0.15) is 11.1 Å². The van der Waals surface area contributed by atoms with Gasteiger partial charge in [-0.15, -0.1) is 23.1 Å². The van der Waals surface area contributed by atoms with Gasteiger partial charge in [-0.1, -0.05) is 109 Å². The van der Waals surface area contributed by atoms with Gasteiger partial charge in [-0.05, 0) is 69.6 Å². The summed E-state index contributed by atoms with van der Waals surface area (Å²) in [7, 11) is 0. The molecular weight excluding hydrogens is 663 g/mol. The van der Waals surface area contributed by atoms with E-state index in [1.54, 1.807) is 23.1 Å². The number of benzene rings is 7. The lowest BCUT2D eigenvalue weighted by Crippen LogP contribution is -2.04. The largest absolute Gasteiger partial charge is 0.241 e. The van der Waals surface area contributed by atoms with E-state index in [1.165, 1.54) is 16.3 Å². The van der Waals surface area contributed by atoms with Gasteiger partial charge < -0.3 is 0 Å². The summed E-state index contributed by atoms with van der Waals surface area (Å²) in [5, 5.41) is 6.52. The molecule has 0 bridgehead atoms. The van der Waals surface area contributed by atoms with Crippen LogP contribution in [0, 0.1) is 0 Å². The van der Waals surface area contributed by atoms with Gasteiger partial charge in [0, 0.05) is 33.6 Å². The van der Waals surface area contributed by atoms with Crippen LogP contribution in [0.25, 0.3) is 76.5 Å². The van der Waals surface area contributed by atoms with Crippen LogP contribution in [0.5, 0.6) is 0 Å². The molecule has 0 amide bonds. The molecule has 0 fully saturated rings. The normalized spacial score (nSPS) is 12.7. The van der Waals surface area contributed by atoms with Gasteiger partial charge >= 0.3 is 0 Å². The maximum atomic E-state index is 5.27. The van der Waals surface area contributed by atoms with Crippen molar-refractivity contribution in [2.45, 2.75) is 5.75 Å². The zero-order valence-electron chi connectivity index (χ0n) is 27.2. The zero-order valence-corrected chi connectivity index (χ0v) is 28.8. The molecule has 0 saturated carbocycles. The first-order valence-corrected chi connectivity index (χ1v) is 18.6. The monoisotopic (exact) mass is 689 g/mol. The summed E-state index contributed by atoms with van der Waals surface area (Å²) in [5.74, 6) is 2.71. The molecule has 51 heavy (non-hydrogen) atoms. The SMILES string of the molecule is c1ccc(-c2nc(-c3cc(C4=Nc5ccccc5CS4)cc(-c4nc5ccccc5s4)c3)nc(-c3cc4ccccc4c4ccccc34)n2)cc1. The van der Waals surface area contributed by atoms with Crippen molar-refractivity contribution in [2.24, 2.45) is 4.99 Å². The molecule has 0 N–H and O–H groups in total. The lowest BCUT2D eigenvalue weighted by Gasteiger charge is -2.17. The number of aromatic nitrogens is 4. The lowest BCUT2D eigenvalue weighted by molar-refractivity contribution is 1.08. The molecule has 7 heteroatoms. The molecular formula is C44H27N5S2. The molecule has 0 radical (unpaired) electrons. The summed E-state index contributed by atoms with van der Waals surface area (Å²) >= 11 is 3.44. The minimum atomic E-state index is 0.599. The number of hydrogen-bond donors (Lipinski definition) is 0. The second-order valence-corrected chi connectivity index (χ2v) is 14.5. The summed E-state index contributed by atoms with van der Waals surface area (Å²) in [5.41, 5.74) is 8.04. The molecule has 1 aliphatic rings. The van der Waals surface area contributed by atoms with Gasteiger partial charge in [0.1, 0.15) is 10.1 Å². The van der Waals surface area contributed by atoms with Gasteiger partial charge in [0.2, 0.25) is 0 Å². The van der Waals surface area contributed by atoms with Crippen LogP contribution >= 0.6 is 23.1 Å². The van der Waals surface area contributed by atoms with Crippen LogP contribution in [-0.2, 0) is 5.75 Å². The van der Waals surface area contributed by atoms with Crippen molar-refractivity contribution < 1.29 is 0 Å². The van der Waals surface area contributed by atoms with E-state index in [2.05, 4.69) is 121 Å². The second kappa shape index (κ2) is 12.4. The molecule has 0 unspecified atom stereocenters. The Morgan fingerprint density at radius 1 is 0.471 bits per heavy atom. The van der Waals surface area contributed by atoms with E-state index in [-0.39, 0.29) is 0 Å². The Hall–Kier alpha value is -6.02. The number of fused-ring (bicyclic) bond motifs is 5. The summed E-state index contributed by atoms with van der Waals surface area (Å²) in [6.07, 6.45) is 0. The summed E-state index contributed by atoms with van der Waals surface area (Å²) in [6.45, 7) is 0. The maximum Gasteiger partial charge on any atom is 0.164 e. The van der Waals surface area contributed by atoms with Crippen molar-refractivity contribution in [1.82, 2.24) is 19.9 Å². The van der Waals surface area contributed by atoms with Crippen molar-refractivity contribution in [3.8, 4) is 44.7 Å². The molecule has 0 spiro atoms. The van der Waals surface area contributed by atoms with Crippen molar-refractivity contribution in [1.29, 1.82) is 0 Å². The highest BCUT2D eigenvalue weighted by molar-refractivity contribution is 8.13. The van der Waals surface area contributed by atoms with E-state index in [0.29, 0.717) is 17.5 Å². The van der Waals surface area contributed by atoms with E-state index in [1.807, 2.05) is 30.3 Å². The fraction of sp³-hybridized carbons (Fsp3) is 0.0227. The average Bonchev–Trinajstić information content (AvgIpc) is 3.65. The van der Waals surface area contributed by atoms with Crippen LogP contribution in [0.4, 0.5) is 5.69 Å². The molecule has 0 aliphatic carbocycles. The average molecular weight is 690 g/mol. The minimum Gasteiger partial charge on any atom is -0.241 e. The highest BCUT2D eigenvalue weighted by atomic mass is 32.2. The number of para-hydroxylation sites is 2. The molecule has 2 aromatic heterocycles. The van der Waals surface area contributed by atoms with Crippen LogP contribution < -0.4 is 0 Å². The summed E-state index contributed by atoms with van der Waals surface area (Å²) < 4.78 is 1.15.